The van der Waals surface area contributed by atoms with Crippen LogP contribution in [-0.2, 0) is 18.5 Å². The zero-order valence-corrected chi connectivity index (χ0v) is 22.2. The van der Waals surface area contributed by atoms with Gasteiger partial charge in [-0.1, -0.05) is 20.3 Å². The molecule has 0 radical (unpaired) electrons. The molecule has 2 heterocycles. The van der Waals surface area contributed by atoms with Crippen LogP contribution in [0.5, 0.6) is 0 Å². The maximum Gasteiger partial charge on any atom is 0.264 e. The summed E-state index contributed by atoms with van der Waals surface area (Å²) in [6, 6.07) is 9.38. The molecule has 0 saturated heterocycles. The van der Waals surface area contributed by atoms with Crippen molar-refractivity contribution in [1.82, 2.24) is 9.97 Å². The summed E-state index contributed by atoms with van der Waals surface area (Å²) in [4.78, 5) is 8.21. The van der Waals surface area contributed by atoms with Crippen molar-refractivity contribution >= 4 is 21.8 Å². The highest BCUT2D eigenvalue weighted by Gasteiger charge is 2.24. The van der Waals surface area contributed by atoms with Gasteiger partial charge in [-0.2, -0.15) is 0 Å². The number of hydrogen-bond donors (Lipinski definition) is 0. The predicted octanol–water partition coefficient (Wildman–Crippen LogP) is 9.41. The normalized spacial score (nSPS) is 11.8. The lowest BCUT2D eigenvalue weighted by atomic mass is 9.94. The molecular formula is C30H33F5N2. The first-order valence-corrected chi connectivity index (χ1v) is 12.5. The Balaban J connectivity index is 0.000000206. The second-order valence-electron chi connectivity index (χ2n) is 9.84. The molecule has 198 valence electrons. The Labute approximate surface area is 215 Å². The highest BCUT2D eigenvalue weighted by molar-refractivity contribution is 5.85. The van der Waals surface area contributed by atoms with Crippen LogP contribution >= 0.6 is 0 Å². The molecule has 2 nitrogen and oxygen atoms in total. The fraction of sp³-hybridized carbons (Fsp3) is 0.400. The molecule has 2 aromatic heterocycles. The van der Waals surface area contributed by atoms with E-state index < -0.39 is 17.9 Å². The number of aromatic nitrogens is 2. The Morgan fingerprint density at radius 3 is 1.86 bits per heavy atom. The van der Waals surface area contributed by atoms with Crippen molar-refractivity contribution in [1.29, 1.82) is 0 Å². The number of fused-ring (bicyclic) bond motifs is 2. The standard InChI is InChI=1S/C15H16F3N.C15H17F2N/c1-3-4-5-10-7-11-12(15(17)18)6-9(2)19-14(11)13(16)8-10;1-5-10-7-11-12(15(3,4)17)6-9(2)18-14(11)13(16)8-10/h6-8,15H,3-5H2,1-2H3;6-8H,5H2,1-4H3. The van der Waals surface area contributed by atoms with Crippen LogP contribution in [0.15, 0.2) is 36.4 Å². The first kappa shape index (κ1) is 28.5. The van der Waals surface area contributed by atoms with Gasteiger partial charge in [-0.3, -0.25) is 9.97 Å². The second-order valence-corrected chi connectivity index (χ2v) is 9.84. The molecule has 0 saturated carbocycles. The highest BCUT2D eigenvalue weighted by atomic mass is 19.3. The van der Waals surface area contributed by atoms with Crippen molar-refractivity contribution in [2.45, 2.75) is 79.3 Å². The Bertz CT molecular complexity index is 1410. The largest absolute Gasteiger partial charge is 0.264 e. The third-order valence-electron chi connectivity index (χ3n) is 6.24. The quantitative estimate of drug-likeness (QED) is 0.239. The highest BCUT2D eigenvalue weighted by Crippen LogP contribution is 2.33. The number of halogens is 5. The van der Waals surface area contributed by atoms with E-state index in [9.17, 15) is 22.0 Å². The summed E-state index contributed by atoms with van der Waals surface area (Å²) in [5.41, 5.74) is 1.79. The Kier molecular flexibility index (Phi) is 8.88. The first-order chi connectivity index (χ1) is 17.3. The SMILES string of the molecule is CCCCc1cc(F)c2nc(C)cc(C(F)F)c2c1.CCc1cc(F)c2nc(C)cc(C(C)(C)F)c2c1. The van der Waals surface area contributed by atoms with Crippen LogP contribution in [0.3, 0.4) is 0 Å². The van der Waals surface area contributed by atoms with E-state index in [-0.39, 0.29) is 27.8 Å². The number of rotatable bonds is 6. The molecule has 37 heavy (non-hydrogen) atoms. The van der Waals surface area contributed by atoms with E-state index >= 15 is 0 Å². The third-order valence-corrected chi connectivity index (χ3v) is 6.24. The number of aryl methyl sites for hydroxylation is 4. The minimum atomic E-state index is -2.62. The predicted molar refractivity (Wildman–Crippen MR) is 140 cm³/mol. The molecule has 0 unspecified atom stereocenters. The van der Waals surface area contributed by atoms with Gasteiger partial charge >= 0.3 is 0 Å². The maximum atomic E-state index is 14.2. The van der Waals surface area contributed by atoms with Crippen molar-refractivity contribution in [3.05, 3.63) is 81.7 Å². The smallest absolute Gasteiger partial charge is 0.250 e. The van der Waals surface area contributed by atoms with Crippen LogP contribution in [0.4, 0.5) is 22.0 Å². The van der Waals surface area contributed by atoms with Crippen LogP contribution in [0, 0.1) is 25.5 Å². The summed E-state index contributed by atoms with van der Waals surface area (Å²) in [6.45, 7) is 10.3. The molecule has 0 aliphatic rings. The van der Waals surface area contributed by atoms with E-state index in [1.165, 1.54) is 32.0 Å². The number of unbranched alkanes of at least 4 members (excludes halogenated alkanes) is 1. The summed E-state index contributed by atoms with van der Waals surface area (Å²) in [5.74, 6) is -0.896. The van der Waals surface area contributed by atoms with Gasteiger partial charge in [0.25, 0.3) is 6.43 Å². The van der Waals surface area contributed by atoms with Crippen molar-refractivity contribution in [3.63, 3.8) is 0 Å². The Hall–Kier alpha value is -3.09. The topological polar surface area (TPSA) is 25.8 Å². The minimum absolute atomic E-state index is 0.0375. The number of benzene rings is 2. The summed E-state index contributed by atoms with van der Waals surface area (Å²) in [7, 11) is 0. The summed E-state index contributed by atoms with van der Waals surface area (Å²) >= 11 is 0. The zero-order chi connectivity index (χ0) is 27.5. The van der Waals surface area contributed by atoms with Gasteiger partial charge in [0.05, 0.1) is 0 Å². The molecular weight excluding hydrogens is 483 g/mol. The van der Waals surface area contributed by atoms with Crippen molar-refractivity contribution in [2.75, 3.05) is 0 Å². The molecule has 4 rings (SSSR count). The number of nitrogens with zero attached hydrogens (tertiary/aromatic N) is 2. The molecule has 0 fully saturated rings. The fourth-order valence-electron chi connectivity index (χ4n) is 4.37. The van der Waals surface area contributed by atoms with Crippen LogP contribution in [0.25, 0.3) is 21.8 Å². The maximum absolute atomic E-state index is 14.2. The molecule has 7 heteroatoms. The first-order valence-electron chi connectivity index (χ1n) is 12.5. The van der Waals surface area contributed by atoms with E-state index in [0.717, 1.165) is 24.0 Å². The summed E-state index contributed by atoms with van der Waals surface area (Å²) < 4.78 is 68.3. The van der Waals surface area contributed by atoms with Gasteiger partial charge in [-0.25, -0.2) is 22.0 Å². The lowest BCUT2D eigenvalue weighted by Crippen LogP contribution is -2.11. The third kappa shape index (κ3) is 6.62. The lowest BCUT2D eigenvalue weighted by molar-refractivity contribution is 0.153. The fourth-order valence-corrected chi connectivity index (χ4v) is 4.37. The summed E-state index contributed by atoms with van der Waals surface area (Å²) in [5, 5.41) is 0.802. The van der Waals surface area contributed by atoms with Gasteiger partial charge in [0.2, 0.25) is 0 Å². The molecule has 0 amide bonds. The lowest BCUT2D eigenvalue weighted by Gasteiger charge is -2.18. The van der Waals surface area contributed by atoms with Gasteiger partial charge in [0.15, 0.2) is 0 Å². The molecule has 2 aromatic carbocycles. The second kappa shape index (κ2) is 11.5. The minimum Gasteiger partial charge on any atom is -0.250 e. The Morgan fingerprint density at radius 1 is 0.784 bits per heavy atom. The molecule has 4 aromatic rings. The van der Waals surface area contributed by atoms with E-state index in [2.05, 4.69) is 9.97 Å². The molecule has 0 bridgehead atoms. The number of hydrogen-bond acceptors (Lipinski definition) is 2. The van der Waals surface area contributed by atoms with Gasteiger partial charge in [-0.15, -0.1) is 0 Å². The van der Waals surface area contributed by atoms with Crippen LogP contribution in [0.2, 0.25) is 0 Å². The molecule has 0 aliphatic heterocycles. The van der Waals surface area contributed by atoms with Crippen molar-refractivity contribution in [3.8, 4) is 0 Å². The van der Waals surface area contributed by atoms with Gasteiger partial charge < -0.3 is 0 Å². The number of pyridine rings is 2. The van der Waals surface area contributed by atoms with E-state index in [1.807, 2.05) is 19.9 Å². The van der Waals surface area contributed by atoms with Crippen LogP contribution in [0.1, 0.15) is 80.6 Å². The molecule has 0 spiro atoms. The van der Waals surface area contributed by atoms with E-state index in [1.54, 1.807) is 26.0 Å². The van der Waals surface area contributed by atoms with Crippen LogP contribution < -0.4 is 0 Å². The monoisotopic (exact) mass is 516 g/mol. The van der Waals surface area contributed by atoms with Crippen molar-refractivity contribution < 1.29 is 22.0 Å². The van der Waals surface area contributed by atoms with E-state index in [0.29, 0.717) is 35.2 Å². The van der Waals surface area contributed by atoms with Gasteiger partial charge in [0, 0.05) is 27.7 Å². The molecule has 0 aliphatic carbocycles. The van der Waals surface area contributed by atoms with Gasteiger partial charge in [0.1, 0.15) is 28.3 Å². The van der Waals surface area contributed by atoms with Crippen LogP contribution in [-0.4, -0.2) is 9.97 Å². The Morgan fingerprint density at radius 2 is 1.32 bits per heavy atom. The average Bonchev–Trinajstić information content (AvgIpc) is 2.82. The molecule has 0 atom stereocenters. The zero-order valence-electron chi connectivity index (χ0n) is 22.2. The average molecular weight is 517 g/mol. The number of alkyl halides is 3. The molecule has 0 N–H and O–H groups in total. The van der Waals surface area contributed by atoms with Gasteiger partial charge in [-0.05, 0) is 100 Å². The van der Waals surface area contributed by atoms with Crippen molar-refractivity contribution in [2.24, 2.45) is 0 Å². The summed E-state index contributed by atoms with van der Waals surface area (Å²) in [6.07, 6.45) is 0.680. The van der Waals surface area contributed by atoms with E-state index in [4.69, 9.17) is 0 Å².